The van der Waals surface area contributed by atoms with E-state index < -0.39 is 42.1 Å². The van der Waals surface area contributed by atoms with Gasteiger partial charge in [-0.2, -0.15) is 0 Å². The molecule has 23 heteroatoms. The Morgan fingerprint density at radius 3 is 1.95 bits per heavy atom. The molecule has 0 radical (unpaired) electrons. The number of carbonyl (C=O) groups excluding carboxylic acids is 8. The summed E-state index contributed by atoms with van der Waals surface area (Å²) in [5.41, 5.74) is 3.97. The lowest BCUT2D eigenvalue weighted by Gasteiger charge is -2.36. The van der Waals surface area contributed by atoms with Crippen LogP contribution in [0.4, 0.5) is 21.9 Å². The van der Waals surface area contributed by atoms with Crippen molar-refractivity contribution in [1.82, 2.24) is 25.3 Å². The van der Waals surface area contributed by atoms with Gasteiger partial charge in [-0.1, -0.05) is 148 Å². The number of anilines is 2. The summed E-state index contributed by atoms with van der Waals surface area (Å²) in [6, 6.07) is 10.9. The Balaban J connectivity index is 0.778. The maximum Gasteiger partial charge on any atom is 0.416 e. The Kier molecular flexibility index (Phi) is 31.2. The second-order valence-electron chi connectivity index (χ2n) is 28.9. The van der Waals surface area contributed by atoms with Crippen LogP contribution in [0.15, 0.2) is 77.1 Å². The lowest BCUT2D eigenvalue weighted by molar-refractivity contribution is -0.138. The SMILES string of the molecule is CC/C(C)=C\N1C[C@H](O)N(C(=O)OCc2ccc(NC(=O)[C@H](C)NC(=O)[C@@H](NC(=O)CCCCCN3C(=O)CC(SC(CC)(CC)CC4CCCCCCCCCCCCC4)C3=O)C(C)C)cc2)c2cc(OCCCCCOc3cc4c(cc3OC)C(=O)N3C=C(C)C[C@H]3C=N4)c(OC)cc2C1=O. The molecular formula is C80H114N8O14S. The van der Waals surface area contributed by atoms with Crippen LogP contribution in [0.3, 0.4) is 0 Å². The van der Waals surface area contributed by atoms with E-state index in [9.17, 15) is 43.5 Å². The van der Waals surface area contributed by atoms with Gasteiger partial charge in [-0.05, 0) is 127 Å². The number of methoxy groups -OCH3 is 2. The van der Waals surface area contributed by atoms with Gasteiger partial charge in [0, 0.05) is 60.6 Å². The summed E-state index contributed by atoms with van der Waals surface area (Å²) in [7, 11) is 2.97. The smallest absolute Gasteiger partial charge is 0.416 e. The lowest BCUT2D eigenvalue weighted by Crippen LogP contribution is -2.53. The predicted molar refractivity (Wildman–Crippen MR) is 403 cm³/mol. The summed E-state index contributed by atoms with van der Waals surface area (Å²) in [6.45, 7) is 15.8. The number of fused-ring (bicyclic) bond motifs is 3. The quantitative estimate of drug-likeness (QED) is 0.0334. The third-order valence-electron chi connectivity index (χ3n) is 20.7. The zero-order valence-electron chi connectivity index (χ0n) is 62.7. The summed E-state index contributed by atoms with van der Waals surface area (Å²) in [4.78, 5) is 120. The number of rotatable bonds is 32. The molecule has 1 saturated carbocycles. The molecule has 3 aromatic carbocycles. The molecule has 5 aliphatic rings. The van der Waals surface area contributed by atoms with Gasteiger partial charge in [0.05, 0.1) is 67.8 Å². The van der Waals surface area contributed by atoms with Crippen LogP contribution >= 0.6 is 11.8 Å². The van der Waals surface area contributed by atoms with Crippen molar-refractivity contribution >= 4 is 82.5 Å². The van der Waals surface area contributed by atoms with Gasteiger partial charge in [-0.15, -0.1) is 11.8 Å². The first-order valence-corrected chi connectivity index (χ1v) is 38.9. The number of benzene rings is 3. The number of hydrogen-bond acceptors (Lipinski definition) is 16. The van der Waals surface area contributed by atoms with Gasteiger partial charge in [0.25, 0.3) is 11.8 Å². The highest BCUT2D eigenvalue weighted by Crippen LogP contribution is 2.47. The van der Waals surface area contributed by atoms with Crippen molar-refractivity contribution < 1.29 is 67.1 Å². The highest BCUT2D eigenvalue weighted by molar-refractivity contribution is 8.02. The zero-order valence-corrected chi connectivity index (χ0v) is 63.5. The molecule has 0 aromatic heterocycles. The highest BCUT2D eigenvalue weighted by Gasteiger charge is 2.44. The number of thioether (sulfide) groups is 1. The molecule has 4 heterocycles. The molecule has 3 aromatic rings. The molecule has 1 aliphatic carbocycles. The average molecular weight is 1440 g/mol. The standard InChI is InChI=1S/C80H114N8O14S/c1-11-54(6)49-85-51-72(91)88(64-45-68(66(99-10)43-62(64)76(85)94)101-40-30-24-29-39-100-67-44-63-61(42-65(67)98-9)77(95)87-50-55(7)41-60(87)48-81-63)79(97)102-52-58-34-36-59(37-35-58)83-74(92)56(8)82-75(93)73(53(4)5)84-70(89)33-27-23-28-38-86-71(90)46-69(78(86)96)103-80(12-2,13-3)47-57-31-25-21-19-17-15-14-16-18-20-22-26-32-57/h34-37,42-45,48-50,53,56-57,60,69,72-73,91H,11-33,38-41,46-47,51-52H2,1-10H3,(H,82,93)(H,83,92)(H,84,89)/b54-49-/t56-,60-,69?,72-,73-/m0/s1. The fraction of sp³-hybridized carbons (Fsp3) is 0.613. The fourth-order valence-electron chi connectivity index (χ4n) is 14.2. The second kappa shape index (κ2) is 39.8. The Morgan fingerprint density at radius 1 is 0.728 bits per heavy atom. The molecule has 22 nitrogen and oxygen atoms in total. The predicted octanol–water partition coefficient (Wildman–Crippen LogP) is 15.1. The number of aliphatic hydroxyl groups is 1. The number of amides is 8. The zero-order chi connectivity index (χ0) is 74.2. The molecule has 8 rings (SSSR count). The Morgan fingerprint density at radius 2 is 1.34 bits per heavy atom. The number of aliphatic imine (C=N–C) groups is 1. The van der Waals surface area contributed by atoms with E-state index in [-0.39, 0.29) is 101 Å². The molecule has 103 heavy (non-hydrogen) atoms. The number of ether oxygens (including phenoxy) is 5. The van der Waals surface area contributed by atoms with Crippen molar-refractivity contribution in [2.45, 2.75) is 263 Å². The number of unbranched alkanes of at least 4 members (excludes halogenated alkanes) is 4. The van der Waals surface area contributed by atoms with Gasteiger partial charge in [0.1, 0.15) is 18.7 Å². The van der Waals surface area contributed by atoms with Crippen LogP contribution in [0, 0.1) is 11.8 Å². The summed E-state index contributed by atoms with van der Waals surface area (Å²) in [5.74, 6) is -0.486. The van der Waals surface area contributed by atoms with E-state index >= 15 is 0 Å². The Bertz CT molecular complexity index is 3480. The number of aliphatic hydroxyl groups excluding tert-OH is 1. The van der Waals surface area contributed by atoms with E-state index in [1.54, 1.807) is 72.4 Å². The molecule has 564 valence electrons. The lowest BCUT2D eigenvalue weighted by atomic mass is 9.83. The van der Waals surface area contributed by atoms with E-state index in [0.717, 1.165) is 41.7 Å². The molecule has 1 saturated heterocycles. The van der Waals surface area contributed by atoms with E-state index in [1.807, 2.05) is 40.8 Å². The van der Waals surface area contributed by atoms with Gasteiger partial charge in [0.2, 0.25) is 29.5 Å². The molecule has 0 spiro atoms. The molecule has 5 atom stereocenters. The third kappa shape index (κ3) is 22.5. The van der Waals surface area contributed by atoms with E-state index in [2.05, 4.69) is 34.8 Å². The van der Waals surface area contributed by atoms with Crippen molar-refractivity contribution in [2.75, 3.05) is 50.7 Å². The molecule has 0 bridgehead atoms. The van der Waals surface area contributed by atoms with Gasteiger partial charge >= 0.3 is 6.09 Å². The van der Waals surface area contributed by atoms with Gasteiger partial charge < -0.3 is 54.5 Å². The van der Waals surface area contributed by atoms with Gasteiger partial charge in [0.15, 0.2) is 29.2 Å². The Labute approximate surface area is 614 Å². The van der Waals surface area contributed by atoms with Gasteiger partial charge in [-0.25, -0.2) is 9.69 Å². The third-order valence-corrected chi connectivity index (χ3v) is 22.6. The van der Waals surface area contributed by atoms with Crippen molar-refractivity contribution in [3.8, 4) is 23.0 Å². The molecule has 8 amide bonds. The number of carbonyl (C=O) groups is 8. The Hall–Kier alpha value is -7.92. The number of hydrogen-bond donors (Lipinski definition) is 4. The normalized spacial score (nSPS) is 19.3. The summed E-state index contributed by atoms with van der Waals surface area (Å²) >= 11 is 1.76. The molecule has 1 unspecified atom stereocenters. The van der Waals surface area contributed by atoms with Crippen LogP contribution in [-0.4, -0.2) is 148 Å². The van der Waals surface area contributed by atoms with Crippen LogP contribution < -0.4 is 39.8 Å². The van der Waals surface area contributed by atoms with Crippen LogP contribution in [0.5, 0.6) is 23.0 Å². The van der Waals surface area contributed by atoms with Gasteiger partial charge in [-0.3, -0.25) is 43.5 Å². The first-order chi connectivity index (χ1) is 49.6. The highest BCUT2D eigenvalue weighted by atomic mass is 32.2. The van der Waals surface area contributed by atoms with Crippen molar-refractivity contribution in [1.29, 1.82) is 0 Å². The first kappa shape index (κ1) is 80.8. The van der Waals surface area contributed by atoms with Crippen LogP contribution in [-0.2, 0) is 35.3 Å². The number of imide groups is 1. The minimum Gasteiger partial charge on any atom is -0.493 e. The fourth-order valence-corrected chi connectivity index (χ4v) is 16.0. The van der Waals surface area contributed by atoms with E-state index in [1.165, 1.54) is 120 Å². The largest absolute Gasteiger partial charge is 0.493 e. The van der Waals surface area contributed by atoms with Crippen molar-refractivity contribution in [3.63, 3.8) is 0 Å². The molecule has 4 aliphatic heterocycles. The molecule has 2 fully saturated rings. The van der Waals surface area contributed by atoms with Crippen LogP contribution in [0.1, 0.15) is 249 Å². The maximum absolute atomic E-state index is 14.3. The van der Waals surface area contributed by atoms with E-state index in [0.29, 0.717) is 98.0 Å². The van der Waals surface area contributed by atoms with E-state index in [4.69, 9.17) is 23.7 Å². The second-order valence-corrected chi connectivity index (χ2v) is 30.5. The number of allylic oxidation sites excluding steroid dienone is 1. The van der Waals surface area contributed by atoms with Crippen LogP contribution in [0.25, 0.3) is 0 Å². The van der Waals surface area contributed by atoms with Crippen molar-refractivity contribution in [2.24, 2.45) is 16.8 Å². The number of nitrogens with one attached hydrogen (secondary N) is 3. The topological polar surface area (TPSA) is 264 Å². The van der Waals surface area contributed by atoms with Crippen molar-refractivity contribution in [3.05, 3.63) is 88.8 Å². The first-order valence-electron chi connectivity index (χ1n) is 38.0. The minimum absolute atomic E-state index is 0.0429. The number of β-amino-alcohol motifs (C(OH)–C–C–N with tert-alkyl or cyclic N) is 1. The summed E-state index contributed by atoms with van der Waals surface area (Å²) in [6.07, 6.45) is 28.3. The summed E-state index contributed by atoms with van der Waals surface area (Å²) < 4.78 is 29.5. The average Bonchev–Trinajstić information content (AvgIpc) is 1.73. The minimum atomic E-state index is -1.55. The number of likely N-dealkylation sites (tertiary alicyclic amines) is 1. The summed E-state index contributed by atoms with van der Waals surface area (Å²) in [5, 5.41) is 19.8. The molecule has 4 N–H and O–H groups in total. The maximum atomic E-state index is 14.3. The molecular weight excluding hydrogens is 1330 g/mol. The van der Waals surface area contributed by atoms with Crippen LogP contribution in [0.2, 0.25) is 0 Å². The monoisotopic (exact) mass is 1440 g/mol. The number of nitrogens with zero attached hydrogens (tertiary/aromatic N) is 5.